The molecule has 0 spiro atoms. The lowest BCUT2D eigenvalue weighted by Crippen LogP contribution is -1.97. The molecule has 3 rings (SSSR count). The van der Waals surface area contributed by atoms with Crippen LogP contribution in [0, 0.1) is 25.2 Å². The van der Waals surface area contributed by atoms with Crippen LogP contribution in [0.5, 0.6) is 5.75 Å². The van der Waals surface area contributed by atoms with Crippen molar-refractivity contribution in [3.8, 4) is 11.8 Å². The van der Waals surface area contributed by atoms with E-state index < -0.39 is 0 Å². The van der Waals surface area contributed by atoms with Crippen molar-refractivity contribution in [2.75, 3.05) is 0 Å². The van der Waals surface area contributed by atoms with E-state index in [-0.39, 0.29) is 6.61 Å². The molecule has 25 heavy (non-hydrogen) atoms. The molecule has 0 fully saturated rings. The van der Waals surface area contributed by atoms with Crippen molar-refractivity contribution in [2.45, 2.75) is 31.4 Å². The summed E-state index contributed by atoms with van der Waals surface area (Å²) in [7, 11) is 0. The Balaban J connectivity index is 1.59. The molecule has 0 unspecified atom stereocenters. The summed E-state index contributed by atoms with van der Waals surface area (Å²) in [4.78, 5) is 0. The summed E-state index contributed by atoms with van der Waals surface area (Å²) < 4.78 is 11.4. The van der Waals surface area contributed by atoms with Crippen molar-refractivity contribution in [2.24, 2.45) is 0 Å². The minimum Gasteiger partial charge on any atom is -0.484 e. The monoisotopic (exact) mass is 351 g/mol. The zero-order valence-corrected chi connectivity index (χ0v) is 14.8. The van der Waals surface area contributed by atoms with Gasteiger partial charge in [0, 0.05) is 5.75 Å². The maximum absolute atomic E-state index is 9.11. The predicted molar refractivity (Wildman–Crippen MR) is 95.3 cm³/mol. The number of hydrogen-bond donors (Lipinski definition) is 0. The molecule has 0 saturated carbocycles. The van der Waals surface area contributed by atoms with Crippen LogP contribution in [-0.4, -0.2) is 10.2 Å². The molecule has 126 valence electrons. The molecule has 6 heteroatoms. The summed E-state index contributed by atoms with van der Waals surface area (Å²) in [5.41, 5.74) is 3.81. The van der Waals surface area contributed by atoms with E-state index >= 15 is 0 Å². The van der Waals surface area contributed by atoms with Gasteiger partial charge in [-0.05, 0) is 42.7 Å². The van der Waals surface area contributed by atoms with Crippen LogP contribution in [0.25, 0.3) is 0 Å². The van der Waals surface area contributed by atoms with Crippen molar-refractivity contribution in [3.63, 3.8) is 0 Å². The van der Waals surface area contributed by atoms with Gasteiger partial charge in [0.05, 0.1) is 11.6 Å². The molecule has 2 aromatic carbocycles. The molecule has 1 heterocycles. The van der Waals surface area contributed by atoms with Gasteiger partial charge >= 0.3 is 0 Å². The molecule has 0 radical (unpaired) electrons. The van der Waals surface area contributed by atoms with E-state index in [4.69, 9.17) is 14.4 Å². The first-order valence-electron chi connectivity index (χ1n) is 7.79. The summed E-state index contributed by atoms with van der Waals surface area (Å²) in [5.74, 6) is 1.84. The maximum atomic E-state index is 9.11. The van der Waals surface area contributed by atoms with Gasteiger partial charge < -0.3 is 9.15 Å². The van der Waals surface area contributed by atoms with Gasteiger partial charge in [0.15, 0.2) is 6.61 Å². The number of nitriles is 1. The Morgan fingerprint density at radius 3 is 2.84 bits per heavy atom. The van der Waals surface area contributed by atoms with Gasteiger partial charge in [0.2, 0.25) is 0 Å². The lowest BCUT2D eigenvalue weighted by atomic mass is 10.1. The minimum absolute atomic E-state index is 0.229. The predicted octanol–water partition coefficient (Wildman–Crippen LogP) is 4.43. The normalized spacial score (nSPS) is 10.4. The number of benzene rings is 2. The summed E-state index contributed by atoms with van der Waals surface area (Å²) in [6, 6.07) is 15.7. The maximum Gasteiger partial charge on any atom is 0.277 e. The van der Waals surface area contributed by atoms with Crippen LogP contribution >= 0.6 is 11.8 Å². The van der Waals surface area contributed by atoms with Gasteiger partial charge in [0.1, 0.15) is 5.75 Å². The van der Waals surface area contributed by atoms with E-state index in [0.29, 0.717) is 22.4 Å². The fraction of sp³-hybridized carbons (Fsp3) is 0.211. The SMILES string of the molecule is Cc1ccc(C)c(OCc2nnc(SCc3ccccc3C#N)o2)c1. The second kappa shape index (κ2) is 7.86. The quantitative estimate of drug-likeness (QED) is 0.612. The van der Waals surface area contributed by atoms with E-state index in [0.717, 1.165) is 22.4 Å². The summed E-state index contributed by atoms with van der Waals surface area (Å²) in [6.45, 7) is 4.25. The molecule has 0 atom stereocenters. The number of thioether (sulfide) groups is 1. The van der Waals surface area contributed by atoms with Crippen molar-refractivity contribution in [3.05, 3.63) is 70.6 Å². The number of nitrogens with zero attached hydrogens (tertiary/aromatic N) is 3. The highest BCUT2D eigenvalue weighted by Crippen LogP contribution is 2.24. The van der Waals surface area contributed by atoms with Gasteiger partial charge in [-0.2, -0.15) is 5.26 Å². The highest BCUT2D eigenvalue weighted by Gasteiger charge is 2.10. The molecule has 0 aliphatic heterocycles. The first-order valence-corrected chi connectivity index (χ1v) is 8.77. The molecular formula is C19H17N3O2S. The van der Waals surface area contributed by atoms with E-state index in [1.165, 1.54) is 11.8 Å². The highest BCUT2D eigenvalue weighted by atomic mass is 32.2. The van der Waals surface area contributed by atoms with Crippen LogP contribution < -0.4 is 4.74 Å². The van der Waals surface area contributed by atoms with Gasteiger partial charge in [-0.25, -0.2) is 0 Å². The summed E-state index contributed by atoms with van der Waals surface area (Å²) >= 11 is 1.40. The fourth-order valence-corrected chi connectivity index (χ4v) is 3.04. The van der Waals surface area contributed by atoms with Crippen LogP contribution in [0.3, 0.4) is 0 Å². The van der Waals surface area contributed by atoms with Crippen molar-refractivity contribution >= 4 is 11.8 Å². The zero-order valence-electron chi connectivity index (χ0n) is 14.0. The smallest absolute Gasteiger partial charge is 0.277 e. The highest BCUT2D eigenvalue weighted by molar-refractivity contribution is 7.98. The van der Waals surface area contributed by atoms with Crippen LogP contribution in [0.2, 0.25) is 0 Å². The molecule has 1 aromatic heterocycles. The Morgan fingerprint density at radius 1 is 1.16 bits per heavy atom. The number of hydrogen-bond acceptors (Lipinski definition) is 6. The van der Waals surface area contributed by atoms with Crippen LogP contribution in [0.15, 0.2) is 52.1 Å². The van der Waals surface area contributed by atoms with E-state index in [9.17, 15) is 0 Å². The number of aryl methyl sites for hydroxylation is 2. The van der Waals surface area contributed by atoms with E-state index in [2.05, 4.69) is 16.3 Å². The fourth-order valence-electron chi connectivity index (χ4n) is 2.25. The van der Waals surface area contributed by atoms with Crippen molar-refractivity contribution in [1.82, 2.24) is 10.2 Å². The summed E-state index contributed by atoms with van der Waals surface area (Å²) in [5, 5.41) is 17.6. The molecule has 0 N–H and O–H groups in total. The van der Waals surface area contributed by atoms with E-state index in [1.54, 1.807) is 6.07 Å². The number of rotatable bonds is 6. The number of aromatic nitrogens is 2. The Hall–Kier alpha value is -2.78. The molecule has 0 saturated heterocycles. The molecule has 0 aliphatic carbocycles. The molecule has 5 nitrogen and oxygen atoms in total. The van der Waals surface area contributed by atoms with Gasteiger partial charge in [0.25, 0.3) is 11.1 Å². The topological polar surface area (TPSA) is 71.9 Å². The minimum atomic E-state index is 0.229. The van der Waals surface area contributed by atoms with Crippen molar-refractivity contribution in [1.29, 1.82) is 5.26 Å². The summed E-state index contributed by atoms with van der Waals surface area (Å²) in [6.07, 6.45) is 0. The van der Waals surface area contributed by atoms with Gasteiger partial charge in [-0.15, -0.1) is 10.2 Å². The third kappa shape index (κ3) is 4.40. The average Bonchev–Trinajstić information content (AvgIpc) is 3.09. The molecular weight excluding hydrogens is 334 g/mol. The third-order valence-corrected chi connectivity index (χ3v) is 4.50. The average molecular weight is 351 g/mol. The van der Waals surface area contributed by atoms with Crippen LogP contribution in [0.1, 0.15) is 28.1 Å². The van der Waals surface area contributed by atoms with E-state index in [1.807, 2.05) is 50.2 Å². The second-order valence-corrected chi connectivity index (χ2v) is 6.50. The van der Waals surface area contributed by atoms with Crippen LogP contribution in [0.4, 0.5) is 0 Å². The first kappa shape index (κ1) is 17.1. The van der Waals surface area contributed by atoms with Crippen LogP contribution in [-0.2, 0) is 12.4 Å². The Labute approximate surface area is 150 Å². The van der Waals surface area contributed by atoms with Gasteiger partial charge in [-0.3, -0.25) is 0 Å². The van der Waals surface area contributed by atoms with Gasteiger partial charge in [-0.1, -0.05) is 42.1 Å². The zero-order chi connectivity index (χ0) is 17.6. The largest absolute Gasteiger partial charge is 0.484 e. The lowest BCUT2D eigenvalue weighted by Gasteiger charge is -2.07. The Bertz CT molecular complexity index is 915. The Morgan fingerprint density at radius 2 is 2.00 bits per heavy atom. The lowest BCUT2D eigenvalue weighted by molar-refractivity contribution is 0.250. The standard InChI is InChI=1S/C19H17N3O2S/c1-13-7-8-14(2)17(9-13)23-11-18-21-22-19(24-18)25-12-16-6-4-3-5-15(16)10-20/h3-9H,11-12H2,1-2H3. The third-order valence-electron chi connectivity index (χ3n) is 3.63. The van der Waals surface area contributed by atoms with Crippen molar-refractivity contribution < 1.29 is 9.15 Å². The Kier molecular flexibility index (Phi) is 5.36. The molecule has 0 aliphatic rings. The number of ether oxygens (including phenoxy) is 1. The molecule has 0 amide bonds. The first-order chi connectivity index (χ1) is 12.2. The second-order valence-electron chi connectivity index (χ2n) is 5.58. The molecule has 0 bridgehead atoms. The molecule has 3 aromatic rings.